The second kappa shape index (κ2) is 3.74. The van der Waals surface area contributed by atoms with Crippen LogP contribution in [0.2, 0.25) is 0 Å². The smallest absolute Gasteiger partial charge is 0.226 e. The van der Waals surface area contributed by atoms with E-state index >= 15 is 0 Å². The first-order chi connectivity index (χ1) is 8.39. The Morgan fingerprint density at radius 2 is 1.72 bits per heavy atom. The molecule has 4 bridgehead atoms. The summed E-state index contributed by atoms with van der Waals surface area (Å²) in [5.41, 5.74) is 0.869. The van der Waals surface area contributed by atoms with Crippen LogP contribution in [0.25, 0.3) is 0 Å². The first kappa shape index (κ1) is 12.5. The number of nitrogens with one attached hydrogen (secondary N) is 1. The average Bonchev–Trinajstić information content (AvgIpc) is 2.20. The summed E-state index contributed by atoms with van der Waals surface area (Å²) in [5.74, 6) is 1.18. The summed E-state index contributed by atoms with van der Waals surface area (Å²) in [6.07, 6.45) is 8.56. The number of carbonyl (C=O) groups is 1. The summed E-state index contributed by atoms with van der Waals surface area (Å²) in [5, 5.41) is 3.18. The number of amides is 1. The van der Waals surface area contributed by atoms with Gasteiger partial charge in [-0.25, -0.2) is 0 Å². The van der Waals surface area contributed by atoms with Gasteiger partial charge < -0.3 is 5.32 Å². The van der Waals surface area contributed by atoms with Gasteiger partial charge in [-0.15, -0.1) is 0 Å². The van der Waals surface area contributed by atoms with Crippen molar-refractivity contribution >= 4 is 5.91 Å². The molecule has 4 saturated carbocycles. The van der Waals surface area contributed by atoms with Gasteiger partial charge in [0.1, 0.15) is 0 Å². The largest absolute Gasteiger partial charge is 0.356 e. The Hall–Kier alpha value is -0.530. The minimum atomic E-state index is -0.0158. The molecule has 4 aliphatic carbocycles. The molecule has 4 aliphatic rings. The van der Waals surface area contributed by atoms with Crippen LogP contribution in [0.4, 0.5) is 0 Å². The Morgan fingerprint density at radius 3 is 2.22 bits per heavy atom. The Labute approximate surface area is 111 Å². The zero-order valence-corrected chi connectivity index (χ0v) is 12.1. The van der Waals surface area contributed by atoms with Crippen molar-refractivity contribution in [3.8, 4) is 0 Å². The summed E-state index contributed by atoms with van der Waals surface area (Å²) >= 11 is 0. The molecule has 2 unspecified atom stereocenters. The molecular formula is C16H27NO. The van der Waals surface area contributed by atoms with Crippen LogP contribution in [0.15, 0.2) is 0 Å². The average molecular weight is 249 g/mol. The minimum absolute atomic E-state index is 0.0158. The summed E-state index contributed by atoms with van der Waals surface area (Å²) < 4.78 is 0. The maximum atomic E-state index is 12.6. The molecule has 0 radical (unpaired) electrons. The third-order valence-corrected chi connectivity index (χ3v) is 5.64. The molecule has 0 aromatic rings. The van der Waals surface area contributed by atoms with E-state index in [1.807, 2.05) is 0 Å². The predicted octanol–water partition coefficient (Wildman–Crippen LogP) is 3.51. The molecular weight excluding hydrogens is 222 g/mol. The Balaban J connectivity index is 1.86. The normalized spacial score (nSPS) is 49.4. The lowest BCUT2D eigenvalue weighted by atomic mass is 9.40. The fourth-order valence-corrected chi connectivity index (χ4v) is 6.13. The van der Waals surface area contributed by atoms with Crippen LogP contribution in [-0.2, 0) is 4.79 Å². The van der Waals surface area contributed by atoms with Gasteiger partial charge in [-0.05, 0) is 61.7 Å². The quantitative estimate of drug-likeness (QED) is 0.815. The van der Waals surface area contributed by atoms with Crippen molar-refractivity contribution in [2.45, 2.75) is 65.7 Å². The van der Waals surface area contributed by atoms with Crippen molar-refractivity contribution in [1.82, 2.24) is 5.32 Å². The topological polar surface area (TPSA) is 29.1 Å². The molecule has 4 rings (SSSR count). The van der Waals surface area contributed by atoms with E-state index in [0.717, 1.165) is 38.1 Å². The Kier molecular flexibility index (Phi) is 2.60. The number of rotatable bonds is 3. The molecule has 102 valence electrons. The van der Waals surface area contributed by atoms with Crippen LogP contribution < -0.4 is 5.32 Å². The van der Waals surface area contributed by atoms with Crippen molar-refractivity contribution in [2.75, 3.05) is 6.54 Å². The molecule has 0 heterocycles. The molecule has 0 aromatic heterocycles. The summed E-state index contributed by atoms with van der Waals surface area (Å²) in [4.78, 5) is 12.6. The van der Waals surface area contributed by atoms with Gasteiger partial charge in [0.2, 0.25) is 5.91 Å². The molecule has 2 nitrogen and oxygen atoms in total. The Bertz CT molecular complexity index is 357. The molecule has 0 saturated heterocycles. The second-order valence-corrected chi connectivity index (χ2v) is 8.17. The summed E-state index contributed by atoms with van der Waals surface area (Å²) in [6.45, 7) is 7.83. The van der Waals surface area contributed by atoms with Gasteiger partial charge >= 0.3 is 0 Å². The third kappa shape index (κ3) is 1.80. The number of hydrogen-bond acceptors (Lipinski definition) is 1. The molecule has 2 heteroatoms. The van der Waals surface area contributed by atoms with Crippen LogP contribution in [0.5, 0.6) is 0 Å². The zero-order chi connectivity index (χ0) is 13.0. The lowest BCUT2D eigenvalue weighted by molar-refractivity contribution is -0.170. The highest BCUT2D eigenvalue weighted by molar-refractivity contribution is 5.83. The van der Waals surface area contributed by atoms with Crippen LogP contribution in [-0.4, -0.2) is 12.5 Å². The minimum Gasteiger partial charge on any atom is -0.356 e. The summed E-state index contributed by atoms with van der Waals surface area (Å²) in [6, 6.07) is 0. The predicted molar refractivity (Wildman–Crippen MR) is 73.1 cm³/mol. The highest BCUT2D eigenvalue weighted by Crippen LogP contribution is 2.69. The van der Waals surface area contributed by atoms with Gasteiger partial charge in [0.05, 0.1) is 5.41 Å². The molecule has 18 heavy (non-hydrogen) atoms. The maximum absolute atomic E-state index is 12.6. The van der Waals surface area contributed by atoms with E-state index in [4.69, 9.17) is 0 Å². The van der Waals surface area contributed by atoms with E-state index in [2.05, 4.69) is 26.1 Å². The summed E-state index contributed by atoms with van der Waals surface area (Å²) in [7, 11) is 0. The molecule has 0 spiro atoms. The van der Waals surface area contributed by atoms with Gasteiger partial charge in [-0.2, -0.15) is 0 Å². The van der Waals surface area contributed by atoms with Crippen LogP contribution in [0.1, 0.15) is 65.7 Å². The Morgan fingerprint density at radius 1 is 1.11 bits per heavy atom. The van der Waals surface area contributed by atoms with E-state index in [9.17, 15) is 4.79 Å². The van der Waals surface area contributed by atoms with E-state index < -0.39 is 0 Å². The highest BCUT2D eigenvalue weighted by Gasteiger charge is 2.62. The maximum Gasteiger partial charge on any atom is 0.226 e. The third-order valence-electron chi connectivity index (χ3n) is 5.64. The fourth-order valence-electron chi connectivity index (χ4n) is 6.13. The first-order valence-corrected chi connectivity index (χ1v) is 7.67. The van der Waals surface area contributed by atoms with E-state index in [0.29, 0.717) is 16.7 Å². The van der Waals surface area contributed by atoms with Crippen LogP contribution >= 0.6 is 0 Å². The van der Waals surface area contributed by atoms with Crippen molar-refractivity contribution in [3.05, 3.63) is 0 Å². The number of hydrogen-bond donors (Lipinski definition) is 1. The highest BCUT2D eigenvalue weighted by atomic mass is 16.2. The van der Waals surface area contributed by atoms with Gasteiger partial charge in [-0.1, -0.05) is 20.8 Å². The lowest BCUT2D eigenvalue weighted by Gasteiger charge is -2.64. The number of carbonyl (C=O) groups excluding carboxylic acids is 1. The van der Waals surface area contributed by atoms with Gasteiger partial charge in [0.25, 0.3) is 0 Å². The molecule has 0 aliphatic heterocycles. The van der Waals surface area contributed by atoms with Crippen molar-refractivity contribution in [3.63, 3.8) is 0 Å². The van der Waals surface area contributed by atoms with Crippen molar-refractivity contribution in [2.24, 2.45) is 22.2 Å². The van der Waals surface area contributed by atoms with E-state index in [1.54, 1.807) is 0 Å². The van der Waals surface area contributed by atoms with E-state index in [1.165, 1.54) is 19.3 Å². The fraction of sp³-hybridized carbons (Fsp3) is 0.938. The standard InChI is InChI=1S/C16H27NO/c1-4-5-17-13(18)16-8-12-6-14(2,10-16)9-15(3,7-12)11-16/h12H,4-11H2,1-3H3,(H,17,18). The van der Waals surface area contributed by atoms with Crippen LogP contribution in [0, 0.1) is 22.2 Å². The van der Waals surface area contributed by atoms with Gasteiger partial charge in [-0.3, -0.25) is 4.79 Å². The molecule has 4 fully saturated rings. The molecule has 0 aromatic carbocycles. The molecule has 1 N–H and O–H groups in total. The van der Waals surface area contributed by atoms with Crippen molar-refractivity contribution < 1.29 is 4.79 Å². The van der Waals surface area contributed by atoms with E-state index in [-0.39, 0.29) is 5.41 Å². The van der Waals surface area contributed by atoms with Crippen molar-refractivity contribution in [1.29, 1.82) is 0 Å². The lowest BCUT2D eigenvalue weighted by Crippen LogP contribution is -2.59. The zero-order valence-electron chi connectivity index (χ0n) is 12.1. The monoisotopic (exact) mass is 249 g/mol. The first-order valence-electron chi connectivity index (χ1n) is 7.67. The molecule has 2 atom stereocenters. The molecule has 1 amide bonds. The second-order valence-electron chi connectivity index (χ2n) is 8.17. The van der Waals surface area contributed by atoms with Gasteiger partial charge in [0, 0.05) is 6.54 Å². The van der Waals surface area contributed by atoms with Crippen LogP contribution in [0.3, 0.4) is 0 Å². The van der Waals surface area contributed by atoms with Gasteiger partial charge in [0.15, 0.2) is 0 Å². The SMILES string of the molecule is CCCNC(=O)C12CC3CC(C)(CC(C)(C3)C1)C2.